The van der Waals surface area contributed by atoms with Gasteiger partial charge >= 0.3 is 5.69 Å². The molecule has 7 nitrogen and oxygen atoms in total. The first-order valence-electron chi connectivity index (χ1n) is 8.79. The van der Waals surface area contributed by atoms with E-state index in [2.05, 4.69) is 17.1 Å². The summed E-state index contributed by atoms with van der Waals surface area (Å²) in [6.45, 7) is 1.10. The third kappa shape index (κ3) is 3.01. The van der Waals surface area contributed by atoms with Crippen LogP contribution in [-0.4, -0.2) is 25.3 Å². The van der Waals surface area contributed by atoms with Crippen LogP contribution in [0.5, 0.6) is 5.75 Å². The molecular weight excluding hydrogens is 344 g/mol. The van der Waals surface area contributed by atoms with Gasteiger partial charge in [0, 0.05) is 20.6 Å². The number of hydrogen-bond donors (Lipinski definition) is 0. The summed E-state index contributed by atoms with van der Waals surface area (Å²) < 4.78 is 10.1. The van der Waals surface area contributed by atoms with Gasteiger partial charge in [-0.05, 0) is 29.3 Å². The lowest BCUT2D eigenvalue weighted by molar-refractivity contribution is 0.303. The smallest absolute Gasteiger partial charge is 0.332 e. The van der Waals surface area contributed by atoms with Crippen molar-refractivity contribution in [2.45, 2.75) is 13.0 Å². The summed E-state index contributed by atoms with van der Waals surface area (Å²) in [4.78, 5) is 28.6. The number of imidazole rings is 1. The Labute approximate surface area is 155 Å². The van der Waals surface area contributed by atoms with Crippen LogP contribution in [0.3, 0.4) is 0 Å². The molecule has 0 bridgehead atoms. The molecule has 138 valence electrons. The van der Waals surface area contributed by atoms with Crippen LogP contribution in [0.1, 0.15) is 6.42 Å². The highest BCUT2D eigenvalue weighted by Gasteiger charge is 2.13. The highest BCUT2D eigenvalue weighted by molar-refractivity contribution is 5.83. The zero-order chi connectivity index (χ0) is 19.0. The quantitative estimate of drug-likeness (QED) is 0.508. The number of aryl methyl sites for hydroxylation is 2. The summed E-state index contributed by atoms with van der Waals surface area (Å²) in [6.07, 6.45) is 2.31. The molecular formula is C20H20N4O3. The normalized spacial score (nSPS) is 11.3. The molecule has 27 heavy (non-hydrogen) atoms. The zero-order valence-corrected chi connectivity index (χ0v) is 15.3. The molecule has 0 aliphatic carbocycles. The first kappa shape index (κ1) is 17.1. The highest BCUT2D eigenvalue weighted by atomic mass is 16.5. The Bertz CT molecular complexity index is 1250. The summed E-state index contributed by atoms with van der Waals surface area (Å²) in [6, 6.07) is 14.2. The van der Waals surface area contributed by atoms with Crippen LogP contribution in [-0.2, 0) is 20.6 Å². The number of benzene rings is 2. The Balaban J connectivity index is 1.47. The van der Waals surface area contributed by atoms with Gasteiger partial charge < -0.3 is 9.30 Å². The van der Waals surface area contributed by atoms with Gasteiger partial charge in [-0.2, -0.15) is 0 Å². The molecule has 7 heteroatoms. The molecule has 2 heterocycles. The van der Waals surface area contributed by atoms with Crippen molar-refractivity contribution in [2.75, 3.05) is 6.61 Å². The Morgan fingerprint density at radius 2 is 1.78 bits per heavy atom. The first-order valence-corrected chi connectivity index (χ1v) is 8.79. The van der Waals surface area contributed by atoms with Crippen molar-refractivity contribution in [2.24, 2.45) is 14.1 Å². The summed E-state index contributed by atoms with van der Waals surface area (Å²) in [5.41, 5.74) is 0.127. The molecule has 0 N–H and O–H groups in total. The Morgan fingerprint density at radius 1 is 1.00 bits per heavy atom. The van der Waals surface area contributed by atoms with Crippen LogP contribution in [0, 0.1) is 0 Å². The van der Waals surface area contributed by atoms with E-state index in [4.69, 9.17) is 4.74 Å². The van der Waals surface area contributed by atoms with Gasteiger partial charge in [-0.1, -0.05) is 30.3 Å². The Kier molecular flexibility index (Phi) is 4.27. The second kappa shape index (κ2) is 6.75. The van der Waals surface area contributed by atoms with Gasteiger partial charge in [0.1, 0.15) is 5.75 Å². The molecule has 0 unspecified atom stereocenters. The minimum Gasteiger partial charge on any atom is -0.494 e. The molecule has 4 aromatic rings. The Morgan fingerprint density at radius 3 is 2.59 bits per heavy atom. The fraction of sp³-hybridized carbons (Fsp3) is 0.250. The predicted octanol–water partition coefficient (Wildman–Crippen LogP) is 2.06. The number of rotatable bonds is 5. The van der Waals surface area contributed by atoms with Gasteiger partial charge in [-0.15, -0.1) is 0 Å². The average molecular weight is 364 g/mol. The molecule has 0 spiro atoms. The summed E-state index contributed by atoms with van der Waals surface area (Å²) in [5.74, 6) is 0.822. The SMILES string of the molecule is Cn1c(=O)c2c(ncn2CCCOc2ccc3ccccc3c2)n(C)c1=O. The van der Waals surface area contributed by atoms with E-state index in [1.54, 1.807) is 17.9 Å². The molecule has 2 aromatic heterocycles. The lowest BCUT2D eigenvalue weighted by Gasteiger charge is -2.09. The lowest BCUT2D eigenvalue weighted by Crippen LogP contribution is -2.37. The van der Waals surface area contributed by atoms with Gasteiger partial charge in [0.15, 0.2) is 11.2 Å². The van der Waals surface area contributed by atoms with Crippen molar-refractivity contribution >= 4 is 21.9 Å². The predicted molar refractivity (Wildman–Crippen MR) is 104 cm³/mol. The van der Waals surface area contributed by atoms with Gasteiger partial charge in [-0.3, -0.25) is 13.9 Å². The number of fused-ring (bicyclic) bond motifs is 2. The van der Waals surface area contributed by atoms with Crippen LogP contribution in [0.15, 0.2) is 58.4 Å². The maximum absolute atomic E-state index is 12.4. The molecule has 2 aromatic carbocycles. The van der Waals surface area contributed by atoms with Gasteiger partial charge in [0.2, 0.25) is 0 Å². The standard InChI is InChI=1S/C20H20N4O3/c1-22-18-17(19(25)23(2)20(22)26)24(13-21-18)10-5-11-27-16-9-8-14-6-3-4-7-15(14)12-16/h3-4,6-9,12-13H,5,10-11H2,1-2H3. The minimum atomic E-state index is -0.377. The van der Waals surface area contributed by atoms with Crippen molar-refractivity contribution in [1.82, 2.24) is 18.7 Å². The first-order chi connectivity index (χ1) is 13.1. The van der Waals surface area contributed by atoms with E-state index in [0.717, 1.165) is 15.7 Å². The maximum Gasteiger partial charge on any atom is 0.332 e. The molecule has 0 amide bonds. The third-order valence-electron chi connectivity index (χ3n) is 4.75. The van der Waals surface area contributed by atoms with E-state index in [1.807, 2.05) is 30.3 Å². The Hall–Kier alpha value is -3.35. The molecule has 0 aliphatic heterocycles. The van der Waals surface area contributed by atoms with Crippen LogP contribution in [0.25, 0.3) is 21.9 Å². The zero-order valence-electron chi connectivity index (χ0n) is 15.3. The summed E-state index contributed by atoms with van der Waals surface area (Å²) in [5, 5.41) is 2.32. The van der Waals surface area contributed by atoms with Crippen molar-refractivity contribution < 1.29 is 4.74 Å². The number of hydrogen-bond acceptors (Lipinski definition) is 4. The fourth-order valence-corrected chi connectivity index (χ4v) is 3.25. The lowest BCUT2D eigenvalue weighted by atomic mass is 10.1. The molecule has 0 aliphatic rings. The maximum atomic E-state index is 12.4. The van der Waals surface area contributed by atoms with Crippen molar-refractivity contribution in [3.63, 3.8) is 0 Å². The molecule has 0 radical (unpaired) electrons. The third-order valence-corrected chi connectivity index (χ3v) is 4.75. The molecule has 0 saturated heterocycles. The number of aromatic nitrogens is 4. The largest absolute Gasteiger partial charge is 0.494 e. The second-order valence-corrected chi connectivity index (χ2v) is 6.53. The molecule has 0 atom stereocenters. The van der Waals surface area contributed by atoms with E-state index in [-0.39, 0.29) is 11.2 Å². The van der Waals surface area contributed by atoms with E-state index < -0.39 is 0 Å². The van der Waals surface area contributed by atoms with Crippen LogP contribution in [0.2, 0.25) is 0 Å². The van der Waals surface area contributed by atoms with Crippen LogP contribution in [0.4, 0.5) is 0 Å². The number of nitrogens with zero attached hydrogens (tertiary/aromatic N) is 4. The average Bonchev–Trinajstić information content (AvgIpc) is 3.12. The van der Waals surface area contributed by atoms with Crippen LogP contribution < -0.4 is 16.0 Å². The summed E-state index contributed by atoms with van der Waals surface area (Å²) >= 11 is 0. The highest BCUT2D eigenvalue weighted by Crippen LogP contribution is 2.20. The minimum absolute atomic E-state index is 0.332. The van der Waals surface area contributed by atoms with Crippen molar-refractivity contribution in [3.05, 3.63) is 69.6 Å². The monoisotopic (exact) mass is 364 g/mol. The van der Waals surface area contributed by atoms with Crippen molar-refractivity contribution in [1.29, 1.82) is 0 Å². The summed E-state index contributed by atoms with van der Waals surface area (Å²) in [7, 11) is 3.09. The van der Waals surface area contributed by atoms with Crippen LogP contribution >= 0.6 is 0 Å². The van der Waals surface area contributed by atoms with E-state index in [0.29, 0.717) is 30.7 Å². The fourth-order valence-electron chi connectivity index (χ4n) is 3.25. The van der Waals surface area contributed by atoms with E-state index >= 15 is 0 Å². The molecule has 0 fully saturated rings. The molecule has 4 rings (SSSR count). The number of ether oxygens (including phenoxy) is 1. The van der Waals surface area contributed by atoms with Crippen molar-refractivity contribution in [3.8, 4) is 5.75 Å². The van der Waals surface area contributed by atoms with E-state index in [1.165, 1.54) is 17.0 Å². The van der Waals surface area contributed by atoms with Gasteiger partial charge in [0.25, 0.3) is 5.56 Å². The molecule has 0 saturated carbocycles. The van der Waals surface area contributed by atoms with Gasteiger partial charge in [0.05, 0.1) is 12.9 Å². The second-order valence-electron chi connectivity index (χ2n) is 6.53. The topological polar surface area (TPSA) is 71.0 Å². The van der Waals surface area contributed by atoms with Gasteiger partial charge in [-0.25, -0.2) is 9.78 Å². The van der Waals surface area contributed by atoms with E-state index in [9.17, 15) is 9.59 Å².